The molecule has 0 spiro atoms. The van der Waals surface area contributed by atoms with Gasteiger partial charge in [0.25, 0.3) is 0 Å². The third-order valence-electron chi connectivity index (χ3n) is 3.62. The monoisotopic (exact) mass is 316 g/mol. The average Bonchev–Trinajstić information content (AvgIpc) is 2.57. The molecular formula is C17H17FN2O3. The molecule has 1 atom stereocenters. The van der Waals surface area contributed by atoms with E-state index in [1.54, 1.807) is 25.1 Å². The molecule has 6 heteroatoms. The Bertz CT molecular complexity index is 703. The van der Waals surface area contributed by atoms with E-state index in [1.165, 1.54) is 12.3 Å². The van der Waals surface area contributed by atoms with Gasteiger partial charge in [-0.15, -0.1) is 0 Å². The molecule has 0 radical (unpaired) electrons. The van der Waals surface area contributed by atoms with Crippen molar-refractivity contribution in [1.29, 1.82) is 0 Å². The SMILES string of the molecule is CCOC(=O)c1ccc(N[C@H]2CCOc3c(F)cccc32)nc1. The second kappa shape index (κ2) is 6.64. The summed E-state index contributed by atoms with van der Waals surface area (Å²) in [5.74, 6) is 0.143. The van der Waals surface area contributed by atoms with Gasteiger partial charge in [0.05, 0.1) is 24.8 Å². The first kappa shape index (κ1) is 15.3. The van der Waals surface area contributed by atoms with Crippen LogP contribution in [0.2, 0.25) is 0 Å². The minimum Gasteiger partial charge on any atom is -0.490 e. The molecule has 5 nitrogen and oxygen atoms in total. The van der Waals surface area contributed by atoms with Crippen LogP contribution in [0.1, 0.15) is 35.3 Å². The predicted molar refractivity (Wildman–Crippen MR) is 83.1 cm³/mol. The first-order valence-electron chi connectivity index (χ1n) is 7.50. The van der Waals surface area contributed by atoms with Gasteiger partial charge in [0.2, 0.25) is 0 Å². The van der Waals surface area contributed by atoms with Crippen molar-refractivity contribution in [3.05, 3.63) is 53.5 Å². The number of ether oxygens (including phenoxy) is 2. The molecule has 1 aromatic carbocycles. The van der Waals surface area contributed by atoms with E-state index in [9.17, 15) is 9.18 Å². The zero-order valence-corrected chi connectivity index (χ0v) is 12.7. The average molecular weight is 316 g/mol. The number of nitrogens with zero attached hydrogens (tertiary/aromatic N) is 1. The van der Waals surface area contributed by atoms with Crippen LogP contribution in [-0.2, 0) is 4.74 Å². The van der Waals surface area contributed by atoms with Crippen LogP contribution in [-0.4, -0.2) is 24.2 Å². The van der Waals surface area contributed by atoms with E-state index in [4.69, 9.17) is 9.47 Å². The Morgan fingerprint density at radius 2 is 2.30 bits per heavy atom. The lowest BCUT2D eigenvalue weighted by atomic mass is 10.0. The van der Waals surface area contributed by atoms with Gasteiger partial charge in [-0.1, -0.05) is 12.1 Å². The van der Waals surface area contributed by atoms with E-state index in [0.29, 0.717) is 36.8 Å². The van der Waals surface area contributed by atoms with Crippen molar-refractivity contribution >= 4 is 11.8 Å². The summed E-state index contributed by atoms with van der Waals surface area (Å²) in [5, 5.41) is 3.25. The van der Waals surface area contributed by atoms with Gasteiger partial charge in [0.15, 0.2) is 11.6 Å². The predicted octanol–water partition coefficient (Wildman–Crippen LogP) is 3.33. The van der Waals surface area contributed by atoms with E-state index < -0.39 is 5.97 Å². The Kier molecular flexibility index (Phi) is 4.41. The van der Waals surface area contributed by atoms with E-state index in [-0.39, 0.29) is 11.9 Å². The van der Waals surface area contributed by atoms with Gasteiger partial charge in [-0.3, -0.25) is 0 Å². The number of pyridine rings is 1. The van der Waals surface area contributed by atoms with Crippen LogP contribution in [0.3, 0.4) is 0 Å². The minimum atomic E-state index is -0.398. The molecule has 0 amide bonds. The molecule has 2 heterocycles. The largest absolute Gasteiger partial charge is 0.490 e. The van der Waals surface area contributed by atoms with Crippen molar-refractivity contribution < 1.29 is 18.7 Å². The van der Waals surface area contributed by atoms with Crippen LogP contribution in [0.4, 0.5) is 10.2 Å². The van der Waals surface area contributed by atoms with Crippen LogP contribution in [0.25, 0.3) is 0 Å². The Morgan fingerprint density at radius 1 is 1.43 bits per heavy atom. The Hall–Kier alpha value is -2.63. The maximum absolute atomic E-state index is 13.8. The highest BCUT2D eigenvalue weighted by Gasteiger charge is 2.24. The third-order valence-corrected chi connectivity index (χ3v) is 3.62. The summed E-state index contributed by atoms with van der Waals surface area (Å²) < 4.78 is 24.1. The highest BCUT2D eigenvalue weighted by molar-refractivity contribution is 5.89. The van der Waals surface area contributed by atoms with Crippen LogP contribution < -0.4 is 10.1 Å². The summed E-state index contributed by atoms with van der Waals surface area (Å²) in [6.45, 7) is 2.51. The second-order valence-corrected chi connectivity index (χ2v) is 5.14. The molecule has 1 aliphatic rings. The summed E-state index contributed by atoms with van der Waals surface area (Å²) >= 11 is 0. The molecule has 0 saturated heterocycles. The van der Waals surface area contributed by atoms with Gasteiger partial charge in [0.1, 0.15) is 5.82 Å². The van der Waals surface area contributed by atoms with Crippen molar-refractivity contribution in [3.8, 4) is 5.75 Å². The van der Waals surface area contributed by atoms with Crippen molar-refractivity contribution in [2.45, 2.75) is 19.4 Å². The Morgan fingerprint density at radius 3 is 3.04 bits per heavy atom. The van der Waals surface area contributed by atoms with Gasteiger partial charge in [-0.2, -0.15) is 0 Å². The highest BCUT2D eigenvalue weighted by Crippen LogP contribution is 2.35. The zero-order valence-electron chi connectivity index (χ0n) is 12.7. The standard InChI is InChI=1S/C17H17FN2O3/c1-2-22-17(21)11-6-7-15(19-10-11)20-14-8-9-23-16-12(14)4-3-5-13(16)18/h3-7,10,14H,2,8-9H2,1H3,(H,19,20)/t14-/m0/s1. The number of hydrogen-bond donors (Lipinski definition) is 1. The first-order valence-corrected chi connectivity index (χ1v) is 7.50. The number of rotatable bonds is 4. The van der Waals surface area contributed by atoms with Gasteiger partial charge in [-0.05, 0) is 25.1 Å². The highest BCUT2D eigenvalue weighted by atomic mass is 19.1. The van der Waals surface area contributed by atoms with Gasteiger partial charge >= 0.3 is 5.97 Å². The summed E-state index contributed by atoms with van der Waals surface area (Å²) in [6, 6.07) is 8.15. The van der Waals surface area contributed by atoms with Crippen LogP contribution in [0.5, 0.6) is 5.75 Å². The molecule has 2 aromatic rings. The number of hydrogen-bond acceptors (Lipinski definition) is 5. The summed E-state index contributed by atoms with van der Waals surface area (Å²) in [6.07, 6.45) is 2.17. The number of aromatic nitrogens is 1. The second-order valence-electron chi connectivity index (χ2n) is 5.14. The van der Waals surface area contributed by atoms with Crippen molar-refractivity contribution in [1.82, 2.24) is 4.98 Å². The molecule has 120 valence electrons. The van der Waals surface area contributed by atoms with Gasteiger partial charge < -0.3 is 14.8 Å². The molecule has 0 saturated carbocycles. The number of halogens is 1. The molecule has 3 rings (SSSR count). The summed E-state index contributed by atoms with van der Waals surface area (Å²) in [5.41, 5.74) is 1.17. The third kappa shape index (κ3) is 3.26. The normalized spacial score (nSPS) is 16.2. The molecule has 0 aliphatic carbocycles. The van der Waals surface area contributed by atoms with E-state index in [1.807, 2.05) is 6.07 Å². The quantitative estimate of drug-likeness (QED) is 0.877. The van der Waals surface area contributed by atoms with E-state index in [0.717, 1.165) is 5.56 Å². The number of benzene rings is 1. The number of esters is 1. The molecular weight excluding hydrogens is 299 g/mol. The van der Waals surface area contributed by atoms with Gasteiger partial charge in [-0.25, -0.2) is 14.2 Å². The molecule has 0 unspecified atom stereocenters. The Labute approximate surface area is 133 Å². The lowest BCUT2D eigenvalue weighted by molar-refractivity contribution is 0.0526. The maximum Gasteiger partial charge on any atom is 0.339 e. The first-order chi connectivity index (χ1) is 11.2. The van der Waals surface area contributed by atoms with Crippen molar-refractivity contribution in [3.63, 3.8) is 0 Å². The zero-order chi connectivity index (χ0) is 16.2. The summed E-state index contributed by atoms with van der Waals surface area (Å²) in [4.78, 5) is 15.8. The minimum absolute atomic E-state index is 0.0876. The number of carbonyl (C=O) groups excluding carboxylic acids is 1. The molecule has 1 aromatic heterocycles. The van der Waals surface area contributed by atoms with Crippen LogP contribution >= 0.6 is 0 Å². The van der Waals surface area contributed by atoms with E-state index in [2.05, 4.69) is 10.3 Å². The van der Waals surface area contributed by atoms with Crippen molar-refractivity contribution in [2.75, 3.05) is 18.5 Å². The number of fused-ring (bicyclic) bond motifs is 1. The van der Waals surface area contributed by atoms with Crippen LogP contribution in [0, 0.1) is 5.82 Å². The number of nitrogens with one attached hydrogen (secondary N) is 1. The number of anilines is 1. The summed E-state index contributed by atoms with van der Waals surface area (Å²) in [7, 11) is 0. The molecule has 0 bridgehead atoms. The lowest BCUT2D eigenvalue weighted by Gasteiger charge is -2.27. The fourth-order valence-corrected chi connectivity index (χ4v) is 2.53. The molecule has 1 N–H and O–H groups in total. The van der Waals surface area contributed by atoms with Crippen molar-refractivity contribution in [2.24, 2.45) is 0 Å². The number of carbonyl (C=O) groups is 1. The Balaban J connectivity index is 1.76. The van der Waals surface area contributed by atoms with E-state index >= 15 is 0 Å². The van der Waals surface area contributed by atoms with Crippen LogP contribution in [0.15, 0.2) is 36.5 Å². The fraction of sp³-hybridized carbons (Fsp3) is 0.294. The maximum atomic E-state index is 13.8. The topological polar surface area (TPSA) is 60.5 Å². The molecule has 1 aliphatic heterocycles. The molecule has 23 heavy (non-hydrogen) atoms. The fourth-order valence-electron chi connectivity index (χ4n) is 2.53. The smallest absolute Gasteiger partial charge is 0.339 e. The van der Waals surface area contributed by atoms with Gasteiger partial charge in [0, 0.05) is 18.2 Å². The lowest BCUT2D eigenvalue weighted by Crippen LogP contribution is -2.21. The number of para-hydroxylation sites is 1. The molecule has 0 fully saturated rings.